The fourth-order valence-electron chi connectivity index (χ4n) is 2.75. The number of aromatic hydroxyl groups is 1. The summed E-state index contributed by atoms with van der Waals surface area (Å²) in [4.78, 5) is 22.1. The van der Waals surface area contributed by atoms with E-state index < -0.39 is 5.41 Å². The number of carbonyl (C=O) groups is 1. The first-order chi connectivity index (χ1) is 9.55. The van der Waals surface area contributed by atoms with Gasteiger partial charge in [0.15, 0.2) is 0 Å². The Labute approximate surface area is 120 Å². The maximum atomic E-state index is 12.1. The van der Waals surface area contributed by atoms with Gasteiger partial charge in [0.1, 0.15) is 11.2 Å². The van der Waals surface area contributed by atoms with E-state index in [1.165, 1.54) is 17.7 Å². The molecule has 3 rings (SSSR count). The Balaban J connectivity index is 2.02. The maximum absolute atomic E-state index is 12.1. The number of fused-ring (bicyclic) bond motifs is 3. The predicted molar refractivity (Wildman–Crippen MR) is 75.8 cm³/mol. The maximum Gasteiger partial charge on any atom is 0.312 e. The molecule has 1 atom stereocenters. The fourth-order valence-corrected chi connectivity index (χ4v) is 4.12. The van der Waals surface area contributed by atoms with Crippen molar-refractivity contribution in [1.29, 1.82) is 0 Å². The Morgan fingerprint density at radius 1 is 1.55 bits per heavy atom. The van der Waals surface area contributed by atoms with Crippen molar-refractivity contribution in [3.63, 3.8) is 0 Å². The molecule has 6 heteroatoms. The molecule has 1 aliphatic rings. The highest BCUT2D eigenvalue weighted by molar-refractivity contribution is 7.18. The van der Waals surface area contributed by atoms with E-state index in [1.54, 1.807) is 0 Å². The third-order valence-electron chi connectivity index (χ3n) is 3.90. The lowest BCUT2D eigenvalue weighted by Crippen LogP contribution is -2.35. The zero-order valence-electron chi connectivity index (χ0n) is 11.5. The number of ether oxygens (including phenoxy) is 1. The van der Waals surface area contributed by atoms with Gasteiger partial charge in [0.05, 0.1) is 17.4 Å². The zero-order chi connectivity index (χ0) is 14.3. The lowest BCUT2D eigenvalue weighted by Gasteiger charge is -2.30. The molecule has 0 saturated carbocycles. The fraction of sp³-hybridized carbons (Fsp3) is 0.500. The van der Waals surface area contributed by atoms with Crippen molar-refractivity contribution in [1.82, 2.24) is 9.97 Å². The molecule has 0 radical (unpaired) electrons. The summed E-state index contributed by atoms with van der Waals surface area (Å²) in [5, 5.41) is 10.7. The summed E-state index contributed by atoms with van der Waals surface area (Å²) in [6.45, 7) is 4.17. The molecule has 5 nitrogen and oxygen atoms in total. The minimum Gasteiger partial charge on any atom is -0.493 e. The summed E-state index contributed by atoms with van der Waals surface area (Å²) in [6.07, 6.45) is 3.47. The molecule has 0 aromatic carbocycles. The van der Waals surface area contributed by atoms with Crippen molar-refractivity contribution in [3.05, 3.63) is 16.8 Å². The molecule has 20 heavy (non-hydrogen) atoms. The van der Waals surface area contributed by atoms with Crippen LogP contribution >= 0.6 is 11.3 Å². The summed E-state index contributed by atoms with van der Waals surface area (Å²) in [7, 11) is 0. The van der Waals surface area contributed by atoms with Crippen LogP contribution in [0.2, 0.25) is 0 Å². The monoisotopic (exact) mass is 292 g/mol. The lowest BCUT2D eigenvalue weighted by molar-refractivity contribution is -0.155. The van der Waals surface area contributed by atoms with E-state index in [4.69, 9.17) is 4.74 Å². The van der Waals surface area contributed by atoms with E-state index in [1.807, 2.05) is 13.8 Å². The SMILES string of the molecule is CCOC(=O)C1(C)CCc2c(sc3ncnc(O)c23)C1. The molecule has 106 valence electrons. The number of aryl methyl sites for hydroxylation is 1. The number of aromatic nitrogens is 2. The molecular weight excluding hydrogens is 276 g/mol. The van der Waals surface area contributed by atoms with Gasteiger partial charge in [-0.15, -0.1) is 11.3 Å². The van der Waals surface area contributed by atoms with Crippen LogP contribution < -0.4 is 0 Å². The topological polar surface area (TPSA) is 72.3 Å². The van der Waals surface area contributed by atoms with E-state index in [9.17, 15) is 9.90 Å². The summed E-state index contributed by atoms with van der Waals surface area (Å²) >= 11 is 1.53. The number of carbonyl (C=O) groups excluding carboxylic acids is 1. The molecule has 0 fully saturated rings. The molecule has 2 aromatic heterocycles. The Bertz CT molecular complexity index is 682. The highest BCUT2D eigenvalue weighted by atomic mass is 32.1. The van der Waals surface area contributed by atoms with Gasteiger partial charge in [0.25, 0.3) is 0 Å². The number of thiophene rings is 1. The normalized spacial score (nSPS) is 21.7. The van der Waals surface area contributed by atoms with E-state index >= 15 is 0 Å². The molecule has 1 aliphatic carbocycles. The van der Waals surface area contributed by atoms with Gasteiger partial charge in [0.2, 0.25) is 5.88 Å². The van der Waals surface area contributed by atoms with Crippen LogP contribution in [0.3, 0.4) is 0 Å². The van der Waals surface area contributed by atoms with E-state index in [0.29, 0.717) is 13.0 Å². The van der Waals surface area contributed by atoms with Crippen LogP contribution in [0, 0.1) is 5.41 Å². The quantitative estimate of drug-likeness (QED) is 0.861. The molecule has 0 spiro atoms. The lowest BCUT2D eigenvalue weighted by atomic mass is 9.75. The second-order valence-corrected chi connectivity index (χ2v) is 6.42. The summed E-state index contributed by atoms with van der Waals surface area (Å²) in [5.74, 6) is -0.106. The van der Waals surface area contributed by atoms with Gasteiger partial charge in [0, 0.05) is 4.88 Å². The van der Waals surface area contributed by atoms with Crippen molar-refractivity contribution in [2.24, 2.45) is 5.41 Å². The first kappa shape index (κ1) is 13.3. The Morgan fingerprint density at radius 3 is 3.10 bits per heavy atom. The van der Waals surface area contributed by atoms with Crippen LogP contribution in [0.4, 0.5) is 0 Å². The van der Waals surface area contributed by atoms with Crippen molar-refractivity contribution < 1.29 is 14.6 Å². The van der Waals surface area contributed by atoms with Gasteiger partial charge < -0.3 is 9.84 Å². The average Bonchev–Trinajstić information content (AvgIpc) is 2.77. The third kappa shape index (κ3) is 1.95. The van der Waals surface area contributed by atoms with Gasteiger partial charge in [-0.25, -0.2) is 9.97 Å². The zero-order valence-corrected chi connectivity index (χ0v) is 12.3. The molecule has 0 amide bonds. The largest absolute Gasteiger partial charge is 0.493 e. The van der Waals surface area contributed by atoms with Crippen molar-refractivity contribution >= 4 is 27.5 Å². The third-order valence-corrected chi connectivity index (χ3v) is 5.04. The van der Waals surface area contributed by atoms with Gasteiger partial charge in [-0.1, -0.05) is 0 Å². The minimum atomic E-state index is -0.479. The predicted octanol–water partition coefficient (Wildman–Crippen LogP) is 2.46. The molecule has 2 heterocycles. The van der Waals surface area contributed by atoms with E-state index in [0.717, 1.165) is 33.5 Å². The number of nitrogens with zero attached hydrogens (tertiary/aromatic N) is 2. The first-order valence-electron chi connectivity index (χ1n) is 6.66. The van der Waals surface area contributed by atoms with Gasteiger partial charge >= 0.3 is 5.97 Å². The number of esters is 1. The molecular formula is C14H16N2O3S. The summed E-state index contributed by atoms with van der Waals surface area (Å²) in [6, 6.07) is 0. The minimum absolute atomic E-state index is 0.0345. The van der Waals surface area contributed by atoms with E-state index in [-0.39, 0.29) is 11.8 Å². The van der Waals surface area contributed by atoms with Gasteiger partial charge in [-0.3, -0.25) is 4.79 Å². The second-order valence-electron chi connectivity index (χ2n) is 5.34. The van der Waals surface area contributed by atoms with Crippen LogP contribution in [0.25, 0.3) is 10.2 Å². The number of hydrogen-bond donors (Lipinski definition) is 1. The van der Waals surface area contributed by atoms with Gasteiger partial charge in [-0.2, -0.15) is 0 Å². The van der Waals surface area contributed by atoms with Crippen LogP contribution in [-0.2, 0) is 22.4 Å². The Hall–Kier alpha value is -1.69. The van der Waals surface area contributed by atoms with Crippen LogP contribution in [0.1, 0.15) is 30.7 Å². The van der Waals surface area contributed by atoms with Crippen LogP contribution in [0.15, 0.2) is 6.33 Å². The molecule has 0 saturated heterocycles. The highest BCUT2D eigenvalue weighted by Gasteiger charge is 2.40. The number of rotatable bonds is 2. The second kappa shape index (κ2) is 4.70. The Morgan fingerprint density at radius 2 is 2.35 bits per heavy atom. The molecule has 2 aromatic rings. The van der Waals surface area contributed by atoms with Gasteiger partial charge in [-0.05, 0) is 38.7 Å². The standard InChI is InChI=1S/C14H16N2O3S/c1-3-19-13(18)14(2)5-4-8-9(6-14)20-12-10(8)11(17)15-7-16-12/h7H,3-6H2,1-2H3,(H,15,16,17). The van der Waals surface area contributed by atoms with Crippen molar-refractivity contribution in [3.8, 4) is 5.88 Å². The summed E-state index contributed by atoms with van der Waals surface area (Å²) in [5.41, 5.74) is 0.609. The van der Waals surface area contributed by atoms with Crippen molar-refractivity contribution in [2.75, 3.05) is 6.61 Å². The molecule has 0 bridgehead atoms. The molecule has 1 N–H and O–H groups in total. The Kier molecular flexibility index (Phi) is 3.12. The highest BCUT2D eigenvalue weighted by Crippen LogP contribution is 2.44. The molecule has 0 aliphatic heterocycles. The first-order valence-corrected chi connectivity index (χ1v) is 7.48. The average molecular weight is 292 g/mol. The smallest absolute Gasteiger partial charge is 0.312 e. The van der Waals surface area contributed by atoms with Crippen LogP contribution in [-0.4, -0.2) is 27.7 Å². The molecule has 1 unspecified atom stereocenters. The number of hydrogen-bond acceptors (Lipinski definition) is 6. The van der Waals surface area contributed by atoms with E-state index in [2.05, 4.69) is 9.97 Å². The summed E-state index contributed by atoms with van der Waals surface area (Å²) < 4.78 is 5.19. The van der Waals surface area contributed by atoms with Crippen LogP contribution in [0.5, 0.6) is 5.88 Å². The van der Waals surface area contributed by atoms with Crippen molar-refractivity contribution in [2.45, 2.75) is 33.1 Å².